The van der Waals surface area contributed by atoms with Crippen LogP contribution in [0.1, 0.15) is 121 Å². The summed E-state index contributed by atoms with van der Waals surface area (Å²) in [5.74, 6) is -3.84. The molecule has 4 aromatic carbocycles. The van der Waals surface area contributed by atoms with E-state index in [1.807, 2.05) is 29.2 Å². The van der Waals surface area contributed by atoms with E-state index in [2.05, 4.69) is 20.4 Å². The van der Waals surface area contributed by atoms with E-state index in [1.54, 1.807) is 65.8 Å². The van der Waals surface area contributed by atoms with E-state index >= 15 is 4.39 Å². The Morgan fingerprint density at radius 3 is 2.14 bits per heavy atom. The quantitative estimate of drug-likeness (QED) is 0.102. The van der Waals surface area contributed by atoms with E-state index in [1.165, 1.54) is 18.2 Å². The van der Waals surface area contributed by atoms with Crippen LogP contribution in [0.15, 0.2) is 89.7 Å². The second-order valence-corrected chi connectivity index (χ2v) is 24.6. The highest BCUT2D eigenvalue weighted by atomic mass is 19.1. The molecular formula is C65H78F3N9O10. The highest BCUT2D eigenvalue weighted by molar-refractivity contribution is 5.98. The van der Waals surface area contributed by atoms with Crippen molar-refractivity contribution in [3.63, 3.8) is 0 Å². The predicted molar refractivity (Wildman–Crippen MR) is 317 cm³/mol. The largest absolute Gasteiger partial charge is 0.444 e. The number of ether oxygens (including phenoxy) is 3. The molecule has 6 amide bonds. The fourth-order valence-corrected chi connectivity index (χ4v) is 12.5. The van der Waals surface area contributed by atoms with E-state index in [0.717, 1.165) is 41.9 Å². The number of fused-ring (bicyclic) bond motifs is 1. The van der Waals surface area contributed by atoms with Crippen molar-refractivity contribution in [1.29, 1.82) is 0 Å². The van der Waals surface area contributed by atoms with Gasteiger partial charge in [0.2, 0.25) is 17.7 Å². The number of rotatable bonds is 16. The minimum Gasteiger partial charge on any atom is -0.444 e. The number of amides is 6. The molecule has 0 bridgehead atoms. The van der Waals surface area contributed by atoms with Crippen LogP contribution in [0.2, 0.25) is 0 Å². The smallest absolute Gasteiger partial charge is 0.411 e. The van der Waals surface area contributed by atoms with Gasteiger partial charge in [0.1, 0.15) is 35.6 Å². The third-order valence-corrected chi connectivity index (χ3v) is 17.4. The number of aromatic nitrogens is 2. The molecule has 5 fully saturated rings. The topological polar surface area (TPSA) is 207 Å². The summed E-state index contributed by atoms with van der Waals surface area (Å²) < 4.78 is 61.5. The average molecular weight is 1200 g/mol. The molecule has 2 N–H and O–H groups in total. The minimum atomic E-state index is -0.890. The van der Waals surface area contributed by atoms with Gasteiger partial charge in [0.05, 0.1) is 41.9 Å². The zero-order chi connectivity index (χ0) is 61.4. The second kappa shape index (κ2) is 28.0. The first-order valence-electron chi connectivity index (χ1n) is 30.5. The number of carbonyl (C=O) groups is 6. The molecule has 5 saturated heterocycles. The number of halogens is 3. The van der Waals surface area contributed by atoms with Gasteiger partial charge in [-0.25, -0.2) is 23.1 Å². The summed E-state index contributed by atoms with van der Waals surface area (Å²) in [5, 5.41) is 11.1. The third-order valence-electron chi connectivity index (χ3n) is 17.4. The Morgan fingerprint density at radius 1 is 0.724 bits per heavy atom. The van der Waals surface area contributed by atoms with E-state index in [0.29, 0.717) is 125 Å². The summed E-state index contributed by atoms with van der Waals surface area (Å²) in [6, 6.07) is 21.1. The van der Waals surface area contributed by atoms with Crippen LogP contribution in [0, 0.1) is 23.4 Å². The van der Waals surface area contributed by atoms with E-state index in [9.17, 15) is 42.3 Å². The number of hydrogen-bond acceptors (Lipinski definition) is 12. The Hall–Kier alpha value is -7.69. The van der Waals surface area contributed by atoms with Crippen molar-refractivity contribution in [2.75, 3.05) is 91.8 Å². The molecule has 10 rings (SSSR count). The molecule has 5 aliphatic heterocycles. The monoisotopic (exact) mass is 1200 g/mol. The maximum Gasteiger partial charge on any atom is 0.411 e. The summed E-state index contributed by atoms with van der Waals surface area (Å²) >= 11 is 0. The molecule has 19 nitrogen and oxygen atoms in total. The molecule has 0 spiro atoms. The molecule has 1 aromatic heterocycles. The van der Waals surface area contributed by atoms with Crippen LogP contribution in [0.3, 0.4) is 0 Å². The average Bonchev–Trinajstić information content (AvgIpc) is 2.92. The number of H-pyrrole nitrogens is 1. The third kappa shape index (κ3) is 15.9. The predicted octanol–water partition coefficient (Wildman–Crippen LogP) is 7.06. The number of piperazine rings is 1. The van der Waals surface area contributed by atoms with Gasteiger partial charge in [-0.1, -0.05) is 42.5 Å². The summed E-state index contributed by atoms with van der Waals surface area (Å²) in [6.07, 6.45) is 4.87. The van der Waals surface area contributed by atoms with Gasteiger partial charge in [-0.2, -0.15) is 5.10 Å². The minimum absolute atomic E-state index is 0.00675. The first kappa shape index (κ1) is 62.4. The van der Waals surface area contributed by atoms with Crippen LogP contribution in [-0.2, 0) is 41.6 Å². The van der Waals surface area contributed by atoms with Crippen molar-refractivity contribution >= 4 is 46.4 Å². The number of likely N-dealkylation sites (tertiary alicyclic amines) is 3. The summed E-state index contributed by atoms with van der Waals surface area (Å²) in [6.45, 7) is 9.86. The van der Waals surface area contributed by atoms with Crippen LogP contribution < -0.4 is 10.9 Å². The van der Waals surface area contributed by atoms with E-state index in [-0.39, 0.29) is 104 Å². The van der Waals surface area contributed by atoms with Crippen molar-refractivity contribution < 1.29 is 56.1 Å². The van der Waals surface area contributed by atoms with E-state index < -0.39 is 41.1 Å². The molecule has 464 valence electrons. The molecule has 22 heteroatoms. The SMILES string of the molecule is CC(C)(C)OC(=O)N(CC(=O)N1CCCC(c2cccc(C(=O)N[C@@H](C(=O)N3CCC(OC4CCN(CC(=O)N5CCN(C(=O)c6cc(Cc7n[nH]c(=O)c8ccccc78)ccc6F)CC5)CC4)CC3)C3CCOCC3)c2)C1)Cc1ccc(F)cc1F. The fourth-order valence-electron chi connectivity index (χ4n) is 12.5. The Morgan fingerprint density at radius 2 is 1.43 bits per heavy atom. The van der Waals surface area contributed by atoms with Crippen LogP contribution in [-0.4, -0.2) is 191 Å². The Labute approximate surface area is 504 Å². The summed E-state index contributed by atoms with van der Waals surface area (Å²) in [7, 11) is 0. The van der Waals surface area contributed by atoms with Gasteiger partial charge >= 0.3 is 6.09 Å². The Balaban J connectivity index is 0.667. The molecule has 2 atom stereocenters. The number of piperidine rings is 3. The van der Waals surface area contributed by atoms with Gasteiger partial charge in [0, 0.05) is 114 Å². The molecule has 1 unspecified atom stereocenters. The first-order valence-corrected chi connectivity index (χ1v) is 30.5. The van der Waals surface area contributed by atoms with Gasteiger partial charge < -0.3 is 39.1 Å². The van der Waals surface area contributed by atoms with Crippen molar-refractivity contribution in [1.82, 2.24) is 44.9 Å². The standard InChI is InChI=1S/C65H78F3N9O10/c1-65(2,3)87-64(84)77(39-47-14-15-48(66)37-55(47)68)41-58(79)76-23-7-10-46(38-76)44-8-6-9-45(36-44)60(80)69-59(43-21-32-85-33-22-43)63(83)74-26-19-50(20-27-74)86-49-17-24-72(25-18-49)40-57(78)73-28-30-75(31-29-73)62(82)53-34-42(13-16-54(53)67)35-56-51-11-4-5-12-52(51)61(81)71-70-56/h4-6,8-9,11-16,34,36-37,43,46,49-50,59H,7,10,17-33,35,38-41H2,1-3H3,(H,69,80)(H,71,81)/t46?,59-/m1/s1. The lowest BCUT2D eigenvalue weighted by molar-refractivity contribution is -0.140. The van der Waals surface area contributed by atoms with Crippen LogP contribution in [0.25, 0.3) is 10.8 Å². The lowest BCUT2D eigenvalue weighted by Crippen LogP contribution is -2.55. The van der Waals surface area contributed by atoms with Gasteiger partial charge in [-0.3, -0.25) is 38.6 Å². The highest BCUT2D eigenvalue weighted by Crippen LogP contribution is 2.30. The summed E-state index contributed by atoms with van der Waals surface area (Å²) in [4.78, 5) is 106. The van der Waals surface area contributed by atoms with Crippen LogP contribution in [0.4, 0.5) is 18.0 Å². The number of nitrogens with zero attached hydrogens (tertiary/aromatic N) is 7. The maximum atomic E-state index is 15.2. The molecule has 0 radical (unpaired) electrons. The van der Waals surface area contributed by atoms with Gasteiger partial charge in [-0.05, 0) is 126 Å². The Kier molecular flexibility index (Phi) is 20.1. The van der Waals surface area contributed by atoms with Crippen molar-refractivity contribution in [3.05, 3.63) is 146 Å². The highest BCUT2D eigenvalue weighted by Gasteiger charge is 2.38. The molecule has 87 heavy (non-hydrogen) atoms. The van der Waals surface area contributed by atoms with Crippen molar-refractivity contribution in [3.8, 4) is 0 Å². The lowest BCUT2D eigenvalue weighted by Gasteiger charge is -2.40. The first-order chi connectivity index (χ1) is 41.8. The van der Waals surface area contributed by atoms with E-state index in [4.69, 9.17) is 14.2 Å². The second-order valence-electron chi connectivity index (χ2n) is 24.6. The van der Waals surface area contributed by atoms with Gasteiger partial charge in [0.25, 0.3) is 17.4 Å². The van der Waals surface area contributed by atoms with Crippen LogP contribution >= 0.6 is 0 Å². The number of hydrogen-bond donors (Lipinski definition) is 2. The molecule has 5 aromatic rings. The molecule has 5 aliphatic rings. The van der Waals surface area contributed by atoms with Gasteiger partial charge in [-0.15, -0.1) is 0 Å². The molecule has 6 heterocycles. The normalized spacial score (nSPS) is 19.0. The number of aromatic amines is 1. The fraction of sp³-hybridized carbons (Fsp3) is 0.508. The zero-order valence-corrected chi connectivity index (χ0v) is 49.8. The zero-order valence-electron chi connectivity index (χ0n) is 49.8. The Bertz CT molecular complexity index is 3370. The summed E-state index contributed by atoms with van der Waals surface area (Å²) in [5.41, 5.74) is 1.31. The lowest BCUT2D eigenvalue weighted by atomic mass is 9.88. The molecule has 0 aliphatic carbocycles. The van der Waals surface area contributed by atoms with Crippen LogP contribution in [0.5, 0.6) is 0 Å². The molecule has 0 saturated carbocycles. The number of carbonyl (C=O) groups excluding carboxylic acids is 6. The number of nitrogens with one attached hydrogen (secondary N) is 2. The molecular weight excluding hydrogens is 1120 g/mol. The van der Waals surface area contributed by atoms with Gasteiger partial charge in [0.15, 0.2) is 0 Å². The van der Waals surface area contributed by atoms with Crippen molar-refractivity contribution in [2.24, 2.45) is 5.92 Å². The van der Waals surface area contributed by atoms with Crippen molar-refractivity contribution in [2.45, 2.75) is 115 Å². The maximum absolute atomic E-state index is 15.2. The number of benzene rings is 4.